The lowest BCUT2D eigenvalue weighted by Gasteiger charge is -2.36. The highest BCUT2D eigenvalue weighted by molar-refractivity contribution is 6.45. The Hall–Kier alpha value is -11.8. The first-order chi connectivity index (χ1) is 50.4. The van der Waals surface area contributed by atoms with E-state index in [1.165, 1.54) is 66.9 Å². The minimum atomic E-state index is -1.54. The quantitative estimate of drug-likeness (QED) is 0.00921. The first-order valence-corrected chi connectivity index (χ1v) is 33.1. The summed E-state index contributed by atoms with van der Waals surface area (Å²) in [7, 11) is 8.77. The van der Waals surface area contributed by atoms with Crippen LogP contribution in [0.3, 0.4) is 0 Å². The molecule has 4 atom stereocenters. The van der Waals surface area contributed by atoms with Crippen LogP contribution in [0.1, 0.15) is 68.1 Å². The predicted molar refractivity (Wildman–Crippen MR) is 381 cm³/mol. The maximum atomic E-state index is 16.3. The molecule has 0 radical (unpaired) electrons. The van der Waals surface area contributed by atoms with Crippen molar-refractivity contribution in [1.82, 2.24) is 20.4 Å². The fraction of sp³-hybridized carbons (Fsp3) is 0.282. The van der Waals surface area contributed by atoms with Gasteiger partial charge >= 0.3 is 11.9 Å². The van der Waals surface area contributed by atoms with Crippen molar-refractivity contribution in [2.24, 2.45) is 0 Å². The number of carbonyl (C=O) groups is 8. The third-order valence-corrected chi connectivity index (χ3v) is 17.5. The average Bonchev–Trinajstić information content (AvgIpc) is 0.671. The third-order valence-electron chi connectivity index (χ3n) is 17.5. The Morgan fingerprint density at radius 2 is 0.663 bits per heavy atom. The SMILES string of the molecule is C=CC(=O)OCCOCCNC(=O)C(CC(C)OC)N1C(=O)c2cc(Oc3cccc(OC)c3)c3c4c(Oc5cccc(OC)c5)cc5c6c(cc(Oc7cccc(OC)c7)c(c7c(Oc8cccc(OC)c8)cc(c2c37)C1=O)c64)C(=O)N(C(CC(C)OC)C(=O)NCCOCCOC(=O)C=C)C5=O. The average molecular weight is 1420 g/mol. The van der Waals surface area contributed by atoms with Gasteiger partial charge in [-0.1, -0.05) is 37.4 Å². The number of esters is 2. The lowest BCUT2D eigenvalue weighted by atomic mass is 9.80. The summed E-state index contributed by atoms with van der Waals surface area (Å²) in [5.41, 5.74) is -0.495. The number of imide groups is 2. The van der Waals surface area contributed by atoms with Crippen LogP contribution >= 0.6 is 0 Å². The molecule has 2 heterocycles. The van der Waals surface area contributed by atoms with Crippen molar-refractivity contribution in [1.29, 1.82) is 0 Å². The molecule has 0 saturated carbocycles. The van der Waals surface area contributed by atoms with Crippen molar-refractivity contribution in [3.8, 4) is 69.0 Å². The fourth-order valence-electron chi connectivity index (χ4n) is 12.5. The summed E-state index contributed by atoms with van der Waals surface area (Å²) in [6.45, 7) is 9.66. The molecular formula is C78H76N4O22. The van der Waals surface area contributed by atoms with E-state index >= 15 is 19.2 Å². The van der Waals surface area contributed by atoms with Gasteiger partial charge in [-0.3, -0.25) is 38.6 Å². The van der Waals surface area contributed by atoms with Crippen LogP contribution < -0.4 is 48.5 Å². The molecule has 0 bridgehead atoms. The maximum Gasteiger partial charge on any atom is 0.330 e. The van der Waals surface area contributed by atoms with E-state index in [0.29, 0.717) is 23.0 Å². The monoisotopic (exact) mass is 1420 g/mol. The van der Waals surface area contributed by atoms with E-state index in [1.807, 2.05) is 0 Å². The zero-order valence-electron chi connectivity index (χ0n) is 58.4. The second kappa shape index (κ2) is 32.9. The van der Waals surface area contributed by atoms with Crippen LogP contribution in [-0.2, 0) is 47.6 Å². The smallest absolute Gasteiger partial charge is 0.330 e. The molecule has 2 N–H and O–H groups in total. The molecule has 2 aliphatic rings. The van der Waals surface area contributed by atoms with Gasteiger partial charge in [0.1, 0.15) is 94.3 Å². The number of nitrogens with zero attached hydrogens (tertiary/aromatic N) is 2. The molecule has 11 rings (SSSR count). The molecule has 9 aromatic rings. The molecule has 26 nitrogen and oxygen atoms in total. The summed E-state index contributed by atoms with van der Waals surface area (Å²) < 4.78 is 84.1. The van der Waals surface area contributed by atoms with Crippen molar-refractivity contribution < 1.29 is 105 Å². The minimum absolute atomic E-state index is 0.0118. The Morgan fingerprint density at radius 3 is 0.923 bits per heavy atom. The Labute approximate surface area is 597 Å². The van der Waals surface area contributed by atoms with Crippen LogP contribution in [0.5, 0.6) is 69.0 Å². The molecule has 104 heavy (non-hydrogen) atoms. The molecule has 0 spiro atoms. The van der Waals surface area contributed by atoms with Gasteiger partial charge in [-0.25, -0.2) is 9.59 Å². The normalized spacial score (nSPS) is 13.7. The van der Waals surface area contributed by atoms with Gasteiger partial charge < -0.3 is 76.9 Å². The van der Waals surface area contributed by atoms with Gasteiger partial charge in [0.2, 0.25) is 11.8 Å². The first-order valence-electron chi connectivity index (χ1n) is 33.1. The van der Waals surface area contributed by atoms with Crippen LogP contribution in [0.2, 0.25) is 0 Å². The molecule has 540 valence electrons. The van der Waals surface area contributed by atoms with Crippen molar-refractivity contribution >= 4 is 90.5 Å². The summed E-state index contributed by atoms with van der Waals surface area (Å²) >= 11 is 0. The Kier molecular flexibility index (Phi) is 23.2. The van der Waals surface area contributed by atoms with Crippen molar-refractivity contribution in [3.63, 3.8) is 0 Å². The molecule has 9 aromatic carbocycles. The number of carbonyl (C=O) groups excluding carboxylic acids is 8. The van der Waals surface area contributed by atoms with Crippen LogP contribution in [-0.4, -0.2) is 177 Å². The molecule has 0 saturated heterocycles. The van der Waals surface area contributed by atoms with Crippen molar-refractivity contribution in [2.45, 2.75) is 51.0 Å². The number of benzene rings is 9. The third kappa shape index (κ3) is 15.3. The molecule has 6 amide bonds. The topological polar surface area (TPSA) is 296 Å². The first kappa shape index (κ1) is 73.4. The van der Waals surface area contributed by atoms with E-state index in [9.17, 15) is 19.2 Å². The zero-order valence-corrected chi connectivity index (χ0v) is 58.4. The van der Waals surface area contributed by atoms with Crippen LogP contribution in [0, 0.1) is 0 Å². The molecular weight excluding hydrogens is 1340 g/mol. The van der Waals surface area contributed by atoms with Crippen LogP contribution in [0.25, 0.3) is 43.1 Å². The molecule has 0 aliphatic carbocycles. The Balaban J connectivity index is 1.24. The lowest BCUT2D eigenvalue weighted by Crippen LogP contribution is -2.55. The van der Waals surface area contributed by atoms with Crippen LogP contribution in [0.4, 0.5) is 0 Å². The highest BCUT2D eigenvalue weighted by atomic mass is 16.6. The predicted octanol–water partition coefficient (Wildman–Crippen LogP) is 11.4. The van der Waals surface area contributed by atoms with E-state index in [-0.39, 0.29) is 177 Å². The summed E-state index contributed by atoms with van der Waals surface area (Å²) in [5.74, 6) is -4.45. The second-order valence-corrected chi connectivity index (χ2v) is 23.9. The van der Waals surface area contributed by atoms with E-state index in [4.69, 9.17) is 66.3 Å². The Morgan fingerprint density at radius 1 is 0.385 bits per heavy atom. The number of rotatable bonds is 36. The van der Waals surface area contributed by atoms with E-state index in [2.05, 4.69) is 23.8 Å². The number of methoxy groups -OCH3 is 6. The van der Waals surface area contributed by atoms with Crippen molar-refractivity contribution in [2.75, 3.05) is 95.4 Å². The maximum absolute atomic E-state index is 16.3. The summed E-state index contributed by atoms with van der Waals surface area (Å²) in [6, 6.07) is 29.4. The summed E-state index contributed by atoms with van der Waals surface area (Å²) in [5, 5.41) is 6.60. The molecule has 0 fully saturated rings. The van der Waals surface area contributed by atoms with Gasteiger partial charge in [0, 0.05) is 120 Å². The molecule has 2 aliphatic heterocycles. The van der Waals surface area contributed by atoms with Gasteiger partial charge in [0.05, 0.1) is 89.3 Å². The largest absolute Gasteiger partial charge is 0.497 e. The van der Waals surface area contributed by atoms with Crippen LogP contribution in [0.15, 0.2) is 147 Å². The number of nitrogens with one attached hydrogen (secondary N) is 2. The molecule has 26 heteroatoms. The van der Waals surface area contributed by atoms with Crippen molar-refractivity contribution in [3.05, 3.63) is 169 Å². The number of hydrogen-bond donors (Lipinski definition) is 2. The molecule has 4 unspecified atom stereocenters. The fourth-order valence-corrected chi connectivity index (χ4v) is 12.5. The van der Waals surface area contributed by atoms with Gasteiger partial charge in [-0.2, -0.15) is 0 Å². The van der Waals surface area contributed by atoms with Gasteiger partial charge in [0.15, 0.2) is 0 Å². The minimum Gasteiger partial charge on any atom is -0.497 e. The highest BCUT2D eigenvalue weighted by Gasteiger charge is 2.47. The second-order valence-electron chi connectivity index (χ2n) is 23.9. The number of ether oxygens (including phenoxy) is 14. The highest BCUT2D eigenvalue weighted by Crippen LogP contribution is 2.58. The van der Waals surface area contributed by atoms with Gasteiger partial charge in [0.25, 0.3) is 23.6 Å². The molecule has 0 aromatic heterocycles. The van der Waals surface area contributed by atoms with E-state index in [1.54, 1.807) is 111 Å². The number of amides is 6. The Bertz CT molecular complexity index is 4300. The van der Waals surface area contributed by atoms with E-state index in [0.717, 1.165) is 22.0 Å². The van der Waals surface area contributed by atoms with E-state index < -0.39 is 71.7 Å². The number of fused-ring (bicyclic) bond motifs is 2. The zero-order chi connectivity index (χ0) is 73.9. The summed E-state index contributed by atoms with van der Waals surface area (Å²) in [6.07, 6.45) is 0.214. The summed E-state index contributed by atoms with van der Waals surface area (Å²) in [4.78, 5) is 120. The van der Waals surface area contributed by atoms with Gasteiger partial charge in [-0.15, -0.1) is 0 Å². The lowest BCUT2D eigenvalue weighted by molar-refractivity contribution is -0.140. The standard InChI is InChI=1S/C78H76N4O22/c1-11-63(83)99-31-29-97-27-25-79-73(85)57(33-43(3)91-5)81-75(87)53-39-59(101-49-21-13-17-45(35-49)93-7)67-69-61(103-51-23-15-19-47(37-51)95-9)41-55-66-56(78(90)82(77(55)89)58(34-44(4)92-6)74(86)80-26-28-98-30-32-100-64(84)12-2)42-62(104-52-24-16-20-48(38-52)96-10)70(72(66)69)68-60(40-54(76(81)88)65(53)71(67)68)102-50-22-14-18-46(36-50)94-8/h11-24,35-44,57-58H,1-2,25-34H2,3-10H3,(H,79,85)(H,80,86). The number of hydrogen-bond acceptors (Lipinski definition) is 22. The van der Waals surface area contributed by atoms with Gasteiger partial charge in [-0.05, 0) is 86.6 Å².